The van der Waals surface area contributed by atoms with Crippen molar-refractivity contribution in [3.8, 4) is 44.8 Å². The summed E-state index contributed by atoms with van der Waals surface area (Å²) in [6.07, 6.45) is 8.33. The monoisotopic (exact) mass is 817 g/mol. The van der Waals surface area contributed by atoms with E-state index in [2.05, 4.69) is 149 Å². The third-order valence-electron chi connectivity index (χ3n) is 9.73. The molecule has 0 unspecified atom stereocenters. The van der Waals surface area contributed by atoms with Gasteiger partial charge in [0.15, 0.2) is 0 Å². The molecule has 1 radical (unpaired) electrons. The Labute approximate surface area is 306 Å². The van der Waals surface area contributed by atoms with Crippen LogP contribution in [0.1, 0.15) is 74.9 Å². The van der Waals surface area contributed by atoms with Gasteiger partial charge in [-0.3, -0.25) is 0 Å². The van der Waals surface area contributed by atoms with Gasteiger partial charge in [-0.2, -0.15) is 0 Å². The number of aryl methyl sites for hydroxylation is 4. The Morgan fingerprint density at radius 3 is 1.76 bits per heavy atom. The summed E-state index contributed by atoms with van der Waals surface area (Å²) < 4.78 is 0. The molecule has 2 aliphatic carbocycles. The fourth-order valence-corrected chi connectivity index (χ4v) is 6.97. The van der Waals surface area contributed by atoms with Gasteiger partial charge in [-0.1, -0.05) is 113 Å². The molecule has 8 rings (SSSR count). The third-order valence-corrected chi connectivity index (χ3v) is 9.73. The molecule has 0 spiro atoms. The minimum absolute atomic E-state index is 0. The number of benzene rings is 4. The van der Waals surface area contributed by atoms with Crippen molar-refractivity contribution in [3.05, 3.63) is 155 Å². The van der Waals surface area contributed by atoms with Crippen molar-refractivity contribution >= 4 is 0 Å². The first-order chi connectivity index (χ1) is 23.0. The summed E-state index contributed by atoms with van der Waals surface area (Å²) in [5.74, 6) is 0. The fourth-order valence-electron chi connectivity index (χ4n) is 6.97. The number of aromatic nitrogens is 2. The van der Waals surface area contributed by atoms with E-state index in [-0.39, 0.29) is 30.9 Å². The number of nitrogens with zero attached hydrogens (tertiary/aromatic N) is 2. The maximum Gasteiger partial charge on any atom is 0.0163 e. The average molecular weight is 817 g/mol. The Morgan fingerprint density at radius 1 is 0.531 bits per heavy atom. The normalized spacial score (nSPS) is 13.0. The molecule has 49 heavy (non-hydrogen) atoms. The van der Waals surface area contributed by atoms with Crippen LogP contribution in [0.4, 0.5) is 0 Å². The molecule has 3 heteroatoms. The zero-order valence-electron chi connectivity index (χ0n) is 29.4. The number of pyridine rings is 2. The van der Waals surface area contributed by atoms with Gasteiger partial charge in [0.1, 0.15) is 0 Å². The summed E-state index contributed by atoms with van der Waals surface area (Å²) in [6, 6.07) is 41.5. The molecule has 2 nitrogen and oxygen atoms in total. The van der Waals surface area contributed by atoms with Crippen molar-refractivity contribution in [1.29, 1.82) is 0 Å². The second-order valence-corrected chi connectivity index (χ2v) is 15.2. The second-order valence-electron chi connectivity index (χ2n) is 15.2. The molecule has 0 bridgehead atoms. The first-order valence-corrected chi connectivity index (χ1v) is 17.2. The summed E-state index contributed by atoms with van der Waals surface area (Å²) >= 11 is 0. The second kappa shape index (κ2) is 14.0. The fraction of sp³-hybridized carbons (Fsp3) is 0.261. The van der Waals surface area contributed by atoms with Crippen molar-refractivity contribution in [2.75, 3.05) is 0 Å². The smallest absolute Gasteiger partial charge is 0.0163 e. The predicted molar refractivity (Wildman–Crippen MR) is 200 cm³/mol. The van der Waals surface area contributed by atoms with E-state index in [1.54, 1.807) is 0 Å². The molecule has 4 aromatic carbocycles. The molecule has 2 heterocycles. The van der Waals surface area contributed by atoms with Crippen LogP contribution in [0.5, 0.6) is 0 Å². The maximum absolute atomic E-state index is 4.68. The molecule has 0 saturated heterocycles. The largest absolute Gasteiger partial charge is 0.305 e. The molecule has 2 aromatic heterocycles. The molecule has 0 saturated carbocycles. The van der Waals surface area contributed by atoms with Gasteiger partial charge in [-0.25, -0.2) is 0 Å². The summed E-state index contributed by atoms with van der Waals surface area (Å²) in [5.41, 5.74) is 18.4. The van der Waals surface area contributed by atoms with Crippen LogP contribution < -0.4 is 0 Å². The van der Waals surface area contributed by atoms with E-state index in [9.17, 15) is 0 Å². The molecule has 0 atom stereocenters. The van der Waals surface area contributed by atoms with Crippen molar-refractivity contribution < 1.29 is 20.1 Å². The molecular weight excluding hydrogens is 773 g/mol. The van der Waals surface area contributed by atoms with Gasteiger partial charge in [-0.05, 0) is 87.9 Å². The quantitative estimate of drug-likeness (QED) is 0.166. The molecule has 2 aliphatic rings. The number of rotatable bonds is 3. The van der Waals surface area contributed by atoms with Crippen LogP contribution in [0, 0.1) is 12.1 Å². The Morgan fingerprint density at radius 2 is 1.12 bits per heavy atom. The molecule has 0 amide bonds. The molecular formula is C46H44IrN2-2. The van der Waals surface area contributed by atoms with Crippen LogP contribution >= 0.6 is 0 Å². The van der Waals surface area contributed by atoms with E-state index in [1.807, 2.05) is 24.5 Å². The standard InChI is InChI=1S/C25H24N.C21H20N.Ir/c1-25(2,3)21-11-12-26-22(15-21)20-13-18-9-7-16-5-4-6-17-8-10-19(14-20)24(18)23(16)17;1-21(2,3)19-12-13-22-20(15-19)18-11-7-10-17(14-18)16-8-5-4-6-9-16;/h4-6,11-13,15H,7-10H2,1-3H3;4-10,12-15H,1-3H3;/q2*-1;. The van der Waals surface area contributed by atoms with Gasteiger partial charge in [0, 0.05) is 32.5 Å². The van der Waals surface area contributed by atoms with E-state index < -0.39 is 0 Å². The van der Waals surface area contributed by atoms with Crippen LogP contribution in [0.15, 0.2) is 109 Å². The zero-order chi connectivity index (χ0) is 33.5. The molecule has 0 aliphatic heterocycles. The first kappa shape index (κ1) is 34.7. The van der Waals surface area contributed by atoms with E-state index in [0.717, 1.165) is 48.2 Å². The van der Waals surface area contributed by atoms with E-state index in [0.29, 0.717) is 0 Å². The van der Waals surface area contributed by atoms with Crippen molar-refractivity contribution in [2.45, 2.75) is 78.1 Å². The maximum atomic E-state index is 4.68. The number of hydrogen-bond acceptors (Lipinski definition) is 2. The van der Waals surface area contributed by atoms with Gasteiger partial charge in [0.05, 0.1) is 0 Å². The third kappa shape index (κ3) is 7.40. The van der Waals surface area contributed by atoms with Crippen molar-refractivity contribution in [3.63, 3.8) is 0 Å². The Bertz CT molecular complexity index is 2050. The van der Waals surface area contributed by atoms with Crippen LogP contribution in [0.3, 0.4) is 0 Å². The zero-order valence-corrected chi connectivity index (χ0v) is 31.8. The Hall–Kier alpha value is -4.17. The van der Waals surface area contributed by atoms with E-state index >= 15 is 0 Å². The van der Waals surface area contributed by atoms with Crippen molar-refractivity contribution in [2.24, 2.45) is 0 Å². The van der Waals surface area contributed by atoms with Crippen LogP contribution in [-0.2, 0) is 56.6 Å². The van der Waals surface area contributed by atoms with Crippen molar-refractivity contribution in [1.82, 2.24) is 9.97 Å². The molecule has 0 fully saturated rings. The van der Waals surface area contributed by atoms with E-state index in [1.165, 1.54) is 55.6 Å². The van der Waals surface area contributed by atoms with E-state index in [4.69, 9.17) is 0 Å². The predicted octanol–water partition coefficient (Wildman–Crippen LogP) is 11.2. The summed E-state index contributed by atoms with van der Waals surface area (Å²) in [4.78, 5) is 9.20. The SMILES string of the molecule is CC(C)(C)c1ccnc(-c2[c-]c3c4c(c2)CCc2cccc(c2-4)CC3)c1.CC(C)(C)c1ccnc(-c2[c-]ccc(-c3ccccc3)c2)c1.[Ir]. The van der Waals surface area contributed by atoms with Crippen LogP contribution in [-0.4, -0.2) is 9.97 Å². The molecule has 249 valence electrons. The van der Waals surface area contributed by atoms with Gasteiger partial charge in [0.25, 0.3) is 0 Å². The van der Waals surface area contributed by atoms with Gasteiger partial charge >= 0.3 is 0 Å². The summed E-state index contributed by atoms with van der Waals surface area (Å²) in [5, 5.41) is 0. The minimum Gasteiger partial charge on any atom is -0.305 e. The number of hydrogen-bond donors (Lipinski definition) is 0. The minimum atomic E-state index is 0. The van der Waals surface area contributed by atoms with Gasteiger partial charge in [-0.15, -0.1) is 64.2 Å². The summed E-state index contributed by atoms with van der Waals surface area (Å²) in [7, 11) is 0. The average Bonchev–Trinajstić information content (AvgIpc) is 3.10. The first-order valence-electron chi connectivity index (χ1n) is 17.2. The topological polar surface area (TPSA) is 25.8 Å². The van der Waals surface area contributed by atoms with Crippen LogP contribution in [0.25, 0.3) is 44.8 Å². The van der Waals surface area contributed by atoms with Gasteiger partial charge in [0.2, 0.25) is 0 Å². The molecule has 6 aromatic rings. The molecule has 0 N–H and O–H groups in total. The van der Waals surface area contributed by atoms with Gasteiger partial charge < -0.3 is 9.97 Å². The Balaban J connectivity index is 0.000000169. The van der Waals surface area contributed by atoms with Crippen LogP contribution in [0.2, 0.25) is 0 Å². The Kier molecular flexibility index (Phi) is 9.90. The summed E-state index contributed by atoms with van der Waals surface area (Å²) in [6.45, 7) is 13.4.